The lowest BCUT2D eigenvalue weighted by Crippen LogP contribution is -2.39. The highest BCUT2D eigenvalue weighted by Crippen LogP contribution is 2.31. The van der Waals surface area contributed by atoms with E-state index >= 15 is 0 Å². The summed E-state index contributed by atoms with van der Waals surface area (Å²) in [6, 6.07) is 8.75. The van der Waals surface area contributed by atoms with Crippen LogP contribution in [0, 0.1) is 0 Å². The molecule has 0 saturated carbocycles. The Kier molecular flexibility index (Phi) is 1.71. The summed E-state index contributed by atoms with van der Waals surface area (Å²) in [5.41, 5.74) is 4.24. The Morgan fingerprint density at radius 3 is 3.00 bits per heavy atom. The molecule has 0 amide bonds. The van der Waals surface area contributed by atoms with Crippen LogP contribution >= 0.6 is 0 Å². The van der Waals surface area contributed by atoms with Crippen molar-refractivity contribution in [3.8, 4) is 0 Å². The fourth-order valence-corrected chi connectivity index (χ4v) is 3.12. The van der Waals surface area contributed by atoms with Crippen LogP contribution in [0.3, 0.4) is 0 Å². The Balaban J connectivity index is 2.14. The number of para-hydroxylation sites is 1. The summed E-state index contributed by atoms with van der Waals surface area (Å²) in [4.78, 5) is 6.99. The molecule has 0 radical (unpaired) electrons. The maximum Gasteiger partial charge on any atom is 0.148 e. The van der Waals surface area contributed by atoms with E-state index in [2.05, 4.69) is 40.8 Å². The molecule has 86 valence electrons. The largest absolute Gasteiger partial charge is 0.356 e. The van der Waals surface area contributed by atoms with Crippen molar-refractivity contribution in [2.24, 2.45) is 4.99 Å². The van der Waals surface area contributed by atoms with Crippen LogP contribution in [0.1, 0.15) is 11.3 Å². The number of hydrogen-bond acceptors (Lipinski definition) is 2. The van der Waals surface area contributed by atoms with Gasteiger partial charge in [0.05, 0.1) is 5.69 Å². The molecule has 0 saturated heterocycles. The van der Waals surface area contributed by atoms with Crippen molar-refractivity contribution >= 4 is 16.7 Å². The standard InChI is InChI=1S/C14H15N3/c1-16-8-9-17-12-5-3-2-4-10(12)11-6-7-15-14(16)13(11)17/h2-5H,6-9H2,1H3. The minimum atomic E-state index is 0.931. The van der Waals surface area contributed by atoms with Crippen molar-refractivity contribution in [1.82, 2.24) is 9.47 Å². The van der Waals surface area contributed by atoms with E-state index in [1.54, 1.807) is 0 Å². The molecule has 0 spiro atoms. The third-order valence-corrected chi connectivity index (χ3v) is 3.93. The lowest BCUT2D eigenvalue weighted by Gasteiger charge is -2.31. The first-order chi connectivity index (χ1) is 8.36. The number of hydrogen-bond donors (Lipinski definition) is 0. The Morgan fingerprint density at radius 2 is 2.06 bits per heavy atom. The monoisotopic (exact) mass is 225 g/mol. The first-order valence-corrected chi connectivity index (χ1v) is 6.22. The van der Waals surface area contributed by atoms with Gasteiger partial charge in [-0.1, -0.05) is 18.2 Å². The number of nitrogens with zero attached hydrogens (tertiary/aromatic N) is 3. The van der Waals surface area contributed by atoms with Gasteiger partial charge in [0, 0.05) is 37.6 Å². The normalized spacial score (nSPS) is 18.2. The molecule has 0 fully saturated rings. The number of benzene rings is 1. The van der Waals surface area contributed by atoms with Crippen LogP contribution in [-0.2, 0) is 13.0 Å². The number of likely N-dealkylation sites (N-methyl/N-ethyl adjacent to an activating group) is 1. The minimum Gasteiger partial charge on any atom is -0.356 e. The number of amidine groups is 1. The van der Waals surface area contributed by atoms with Gasteiger partial charge < -0.3 is 9.47 Å². The quantitative estimate of drug-likeness (QED) is 0.670. The van der Waals surface area contributed by atoms with Gasteiger partial charge in [-0.3, -0.25) is 4.99 Å². The maximum atomic E-state index is 4.70. The first-order valence-electron chi connectivity index (χ1n) is 6.22. The molecule has 4 rings (SSSR count). The molecule has 1 aromatic heterocycles. The van der Waals surface area contributed by atoms with Crippen LogP contribution in [0.5, 0.6) is 0 Å². The molecule has 3 heteroatoms. The van der Waals surface area contributed by atoms with E-state index in [0.29, 0.717) is 0 Å². The van der Waals surface area contributed by atoms with Crippen molar-refractivity contribution in [3.05, 3.63) is 35.5 Å². The summed E-state index contributed by atoms with van der Waals surface area (Å²) in [6.45, 7) is 3.07. The van der Waals surface area contributed by atoms with Crippen LogP contribution in [-0.4, -0.2) is 35.4 Å². The fraction of sp³-hybridized carbons (Fsp3) is 0.357. The molecular weight excluding hydrogens is 210 g/mol. The van der Waals surface area contributed by atoms with Crippen molar-refractivity contribution < 1.29 is 0 Å². The van der Waals surface area contributed by atoms with Crippen LogP contribution in [0.2, 0.25) is 0 Å². The molecule has 2 aliphatic rings. The van der Waals surface area contributed by atoms with Gasteiger partial charge in [0.1, 0.15) is 5.84 Å². The molecule has 0 unspecified atom stereocenters. The number of fused-ring (bicyclic) bond motifs is 3. The van der Waals surface area contributed by atoms with Gasteiger partial charge in [-0.25, -0.2) is 0 Å². The molecule has 3 heterocycles. The van der Waals surface area contributed by atoms with E-state index < -0.39 is 0 Å². The topological polar surface area (TPSA) is 20.5 Å². The second-order valence-electron chi connectivity index (χ2n) is 4.87. The second-order valence-corrected chi connectivity index (χ2v) is 4.87. The van der Waals surface area contributed by atoms with Crippen LogP contribution in [0.15, 0.2) is 29.3 Å². The molecule has 17 heavy (non-hydrogen) atoms. The van der Waals surface area contributed by atoms with Crippen molar-refractivity contribution in [2.45, 2.75) is 13.0 Å². The highest BCUT2D eigenvalue weighted by Gasteiger charge is 2.28. The number of aliphatic imine (C=N–C) groups is 1. The minimum absolute atomic E-state index is 0.931. The van der Waals surface area contributed by atoms with Gasteiger partial charge in [-0.15, -0.1) is 0 Å². The second kappa shape index (κ2) is 3.13. The molecule has 0 N–H and O–H groups in total. The summed E-state index contributed by atoms with van der Waals surface area (Å²) in [5, 5.41) is 1.42. The van der Waals surface area contributed by atoms with E-state index in [0.717, 1.165) is 26.1 Å². The molecule has 2 aromatic rings. The highest BCUT2D eigenvalue weighted by atomic mass is 15.2. The van der Waals surface area contributed by atoms with Gasteiger partial charge in [0.25, 0.3) is 0 Å². The lowest BCUT2D eigenvalue weighted by molar-refractivity contribution is 0.434. The van der Waals surface area contributed by atoms with Gasteiger partial charge >= 0.3 is 0 Å². The third kappa shape index (κ3) is 1.09. The third-order valence-electron chi connectivity index (χ3n) is 3.93. The van der Waals surface area contributed by atoms with Gasteiger partial charge in [-0.05, 0) is 18.1 Å². The van der Waals surface area contributed by atoms with Gasteiger partial charge in [0.15, 0.2) is 0 Å². The number of rotatable bonds is 0. The predicted octanol–water partition coefficient (Wildman–Crippen LogP) is 1.89. The molecule has 3 nitrogen and oxygen atoms in total. The fourth-order valence-electron chi connectivity index (χ4n) is 3.12. The Labute approximate surface area is 100 Å². The SMILES string of the molecule is CN1CCn2c3c(c4ccccc42)CCN=C31. The van der Waals surface area contributed by atoms with Crippen molar-refractivity contribution in [3.63, 3.8) is 0 Å². The zero-order chi connectivity index (χ0) is 11.4. The Hall–Kier alpha value is -1.77. The van der Waals surface area contributed by atoms with Crippen LogP contribution in [0.4, 0.5) is 0 Å². The summed E-state index contributed by atoms with van der Waals surface area (Å²) in [6.07, 6.45) is 1.08. The summed E-state index contributed by atoms with van der Waals surface area (Å²) in [7, 11) is 2.15. The number of aromatic nitrogens is 1. The Bertz CT molecular complexity index is 621. The molecule has 2 aliphatic heterocycles. The molecule has 1 aromatic carbocycles. The van der Waals surface area contributed by atoms with Crippen molar-refractivity contribution in [2.75, 3.05) is 20.1 Å². The smallest absolute Gasteiger partial charge is 0.148 e. The molecule has 0 bridgehead atoms. The predicted molar refractivity (Wildman–Crippen MR) is 69.7 cm³/mol. The molecule has 0 aliphatic carbocycles. The summed E-state index contributed by atoms with van der Waals surface area (Å²) < 4.78 is 2.45. The van der Waals surface area contributed by atoms with Gasteiger partial charge in [0.2, 0.25) is 0 Å². The average molecular weight is 225 g/mol. The van der Waals surface area contributed by atoms with Crippen molar-refractivity contribution in [1.29, 1.82) is 0 Å². The van der Waals surface area contributed by atoms with E-state index in [1.807, 2.05) is 0 Å². The Morgan fingerprint density at radius 1 is 1.18 bits per heavy atom. The maximum absolute atomic E-state index is 4.70. The average Bonchev–Trinajstić information content (AvgIpc) is 2.70. The molecule has 0 atom stereocenters. The van der Waals surface area contributed by atoms with Gasteiger partial charge in [-0.2, -0.15) is 0 Å². The zero-order valence-corrected chi connectivity index (χ0v) is 9.98. The molecular formula is C14H15N3. The van der Waals surface area contributed by atoms with Crippen LogP contribution < -0.4 is 0 Å². The highest BCUT2D eigenvalue weighted by molar-refractivity contribution is 6.06. The van der Waals surface area contributed by atoms with E-state index in [9.17, 15) is 0 Å². The summed E-state index contributed by atoms with van der Waals surface area (Å²) in [5.74, 6) is 1.19. The lowest BCUT2D eigenvalue weighted by atomic mass is 10.0. The van der Waals surface area contributed by atoms with E-state index in [4.69, 9.17) is 4.99 Å². The van der Waals surface area contributed by atoms with E-state index in [1.165, 1.54) is 28.0 Å². The summed E-state index contributed by atoms with van der Waals surface area (Å²) >= 11 is 0. The van der Waals surface area contributed by atoms with E-state index in [-0.39, 0.29) is 0 Å². The zero-order valence-electron chi connectivity index (χ0n) is 9.98. The first kappa shape index (κ1) is 9.28. The van der Waals surface area contributed by atoms with Crippen LogP contribution in [0.25, 0.3) is 10.9 Å².